The zero-order valence-electron chi connectivity index (χ0n) is 11.9. The van der Waals surface area contributed by atoms with E-state index in [1.54, 1.807) is 12.1 Å². The molecule has 7 nitrogen and oxygen atoms in total. The number of aromatic nitrogens is 2. The summed E-state index contributed by atoms with van der Waals surface area (Å²) < 4.78 is 1.14. The highest BCUT2D eigenvalue weighted by Gasteiger charge is 2.22. The molecule has 2 aromatic rings. The molecule has 0 atom stereocenters. The first-order valence-corrected chi connectivity index (χ1v) is 6.26. The van der Waals surface area contributed by atoms with Crippen molar-refractivity contribution in [1.82, 2.24) is 9.78 Å². The van der Waals surface area contributed by atoms with Gasteiger partial charge in [-0.15, -0.1) is 0 Å². The molecule has 0 amide bonds. The topological polar surface area (TPSA) is 98.3 Å². The van der Waals surface area contributed by atoms with E-state index in [2.05, 4.69) is 5.10 Å². The molecular weight excluding hydrogens is 274 g/mol. The average molecular weight is 289 g/mol. The van der Waals surface area contributed by atoms with Crippen molar-refractivity contribution in [2.45, 2.75) is 19.4 Å². The molecule has 0 saturated heterocycles. The van der Waals surface area contributed by atoms with Gasteiger partial charge in [-0.05, 0) is 32.0 Å². The van der Waals surface area contributed by atoms with Crippen LogP contribution in [0, 0.1) is 10.1 Å². The van der Waals surface area contributed by atoms with Gasteiger partial charge < -0.3 is 5.11 Å². The Labute approximate surface area is 120 Å². The largest absolute Gasteiger partial charge is 0.386 e. The van der Waals surface area contributed by atoms with Crippen LogP contribution in [0.1, 0.15) is 19.4 Å². The van der Waals surface area contributed by atoms with E-state index in [0.717, 1.165) is 4.68 Å². The van der Waals surface area contributed by atoms with E-state index in [1.807, 2.05) is 0 Å². The minimum Gasteiger partial charge on any atom is -0.386 e. The second-order valence-corrected chi connectivity index (χ2v) is 5.24. The van der Waals surface area contributed by atoms with Crippen molar-refractivity contribution < 1.29 is 10.0 Å². The summed E-state index contributed by atoms with van der Waals surface area (Å²) in [5.74, 6) is 0. The lowest BCUT2D eigenvalue weighted by Gasteiger charge is -2.18. The highest BCUT2D eigenvalue weighted by molar-refractivity contribution is 5.61. The lowest BCUT2D eigenvalue weighted by Crippen LogP contribution is -2.32. The predicted molar refractivity (Wildman–Crippen MR) is 76.8 cm³/mol. The summed E-state index contributed by atoms with van der Waals surface area (Å²) in [6.07, 6.45) is 0. The molecule has 0 saturated carbocycles. The lowest BCUT2D eigenvalue weighted by atomic mass is 9.98. The number of aryl methyl sites for hydroxylation is 1. The summed E-state index contributed by atoms with van der Waals surface area (Å²) >= 11 is 0. The van der Waals surface area contributed by atoms with E-state index < -0.39 is 10.5 Å². The minimum atomic E-state index is -1.30. The van der Waals surface area contributed by atoms with Gasteiger partial charge in [0.2, 0.25) is 0 Å². The van der Waals surface area contributed by atoms with Crippen LogP contribution < -0.4 is 5.56 Å². The van der Waals surface area contributed by atoms with Crippen LogP contribution in [-0.2, 0) is 12.6 Å². The molecule has 7 heteroatoms. The van der Waals surface area contributed by atoms with Crippen LogP contribution in [0.15, 0.2) is 35.1 Å². The highest BCUT2D eigenvalue weighted by atomic mass is 16.6. The van der Waals surface area contributed by atoms with Crippen LogP contribution >= 0.6 is 0 Å². The number of nitro benzene ring substituents is 1. The van der Waals surface area contributed by atoms with Crippen molar-refractivity contribution in [2.24, 2.45) is 7.05 Å². The molecule has 1 heterocycles. The van der Waals surface area contributed by atoms with Gasteiger partial charge in [-0.1, -0.05) is 0 Å². The fourth-order valence-corrected chi connectivity index (χ4v) is 1.94. The van der Waals surface area contributed by atoms with Crippen LogP contribution in [0.3, 0.4) is 0 Å². The maximum atomic E-state index is 12.0. The van der Waals surface area contributed by atoms with Crippen LogP contribution in [0.4, 0.5) is 5.69 Å². The third-order valence-electron chi connectivity index (χ3n) is 3.10. The standard InChI is InChI=1S/C14H15N3O4/c1-14(2,19)11-8-12(15-16(3)13(11)18)9-4-6-10(7-5-9)17(20)21/h4-8,19H,1-3H3. The van der Waals surface area contributed by atoms with E-state index in [4.69, 9.17) is 0 Å². The SMILES string of the molecule is Cn1nc(-c2ccc([N+](=O)[O-])cc2)cc(C(C)(C)O)c1=O. The number of hydrogen-bond acceptors (Lipinski definition) is 5. The number of hydrogen-bond donors (Lipinski definition) is 1. The molecule has 0 spiro atoms. The predicted octanol–water partition coefficient (Wildman–Crippen LogP) is 1.58. The van der Waals surface area contributed by atoms with Crippen molar-refractivity contribution in [2.75, 3.05) is 0 Å². The van der Waals surface area contributed by atoms with Gasteiger partial charge in [0, 0.05) is 24.7 Å². The molecule has 0 aliphatic heterocycles. The Balaban J connectivity index is 2.57. The molecule has 1 N–H and O–H groups in total. The van der Waals surface area contributed by atoms with Gasteiger partial charge in [-0.25, -0.2) is 4.68 Å². The number of rotatable bonds is 3. The van der Waals surface area contributed by atoms with E-state index >= 15 is 0 Å². The average Bonchev–Trinajstić information content (AvgIpc) is 2.40. The van der Waals surface area contributed by atoms with Gasteiger partial charge >= 0.3 is 0 Å². The molecule has 0 aliphatic carbocycles. The molecule has 0 unspecified atom stereocenters. The summed E-state index contributed by atoms with van der Waals surface area (Å²) in [6, 6.07) is 7.35. The quantitative estimate of drug-likeness (QED) is 0.683. The van der Waals surface area contributed by atoms with Crippen LogP contribution in [0.25, 0.3) is 11.3 Å². The Kier molecular flexibility index (Phi) is 3.61. The van der Waals surface area contributed by atoms with Gasteiger partial charge in [0.05, 0.1) is 21.8 Å². The van der Waals surface area contributed by atoms with E-state index in [1.165, 1.54) is 39.1 Å². The zero-order chi connectivity index (χ0) is 15.8. The van der Waals surface area contributed by atoms with E-state index in [9.17, 15) is 20.0 Å². The van der Waals surface area contributed by atoms with Gasteiger partial charge in [0.15, 0.2) is 0 Å². The van der Waals surface area contributed by atoms with Crippen molar-refractivity contribution in [3.05, 3.63) is 56.4 Å². The van der Waals surface area contributed by atoms with E-state index in [-0.39, 0.29) is 16.8 Å². The first-order chi connectivity index (χ1) is 9.70. The van der Waals surface area contributed by atoms with Gasteiger partial charge in [0.1, 0.15) is 0 Å². The van der Waals surface area contributed by atoms with Gasteiger partial charge in [-0.2, -0.15) is 5.10 Å². The molecule has 1 aromatic heterocycles. The molecule has 2 rings (SSSR count). The third kappa shape index (κ3) is 2.97. The first-order valence-electron chi connectivity index (χ1n) is 6.26. The van der Waals surface area contributed by atoms with Crippen molar-refractivity contribution in [1.29, 1.82) is 0 Å². The molecule has 0 radical (unpaired) electrons. The summed E-state index contributed by atoms with van der Waals surface area (Å²) in [5, 5.41) is 24.8. The molecule has 21 heavy (non-hydrogen) atoms. The zero-order valence-corrected chi connectivity index (χ0v) is 11.9. The second kappa shape index (κ2) is 5.10. The lowest BCUT2D eigenvalue weighted by molar-refractivity contribution is -0.384. The summed E-state index contributed by atoms with van der Waals surface area (Å²) in [6.45, 7) is 3.03. The Bertz CT molecular complexity index is 742. The first kappa shape index (κ1) is 14.9. The Morgan fingerprint density at radius 1 is 1.29 bits per heavy atom. The number of nitro groups is 1. The normalized spacial score (nSPS) is 11.4. The van der Waals surface area contributed by atoms with Crippen molar-refractivity contribution >= 4 is 5.69 Å². The van der Waals surface area contributed by atoms with Crippen molar-refractivity contribution in [3.63, 3.8) is 0 Å². The highest BCUT2D eigenvalue weighted by Crippen LogP contribution is 2.23. The number of benzene rings is 1. The number of nitrogens with zero attached hydrogens (tertiary/aromatic N) is 3. The number of non-ortho nitro benzene ring substituents is 1. The molecule has 0 bridgehead atoms. The second-order valence-electron chi connectivity index (χ2n) is 5.24. The summed E-state index contributed by atoms with van der Waals surface area (Å²) in [4.78, 5) is 22.2. The third-order valence-corrected chi connectivity index (χ3v) is 3.10. The van der Waals surface area contributed by atoms with Gasteiger partial charge in [0.25, 0.3) is 11.2 Å². The minimum absolute atomic E-state index is 0.0220. The smallest absolute Gasteiger partial charge is 0.272 e. The molecule has 0 fully saturated rings. The Morgan fingerprint density at radius 3 is 2.33 bits per heavy atom. The van der Waals surface area contributed by atoms with E-state index in [0.29, 0.717) is 11.3 Å². The van der Waals surface area contributed by atoms with Crippen LogP contribution in [-0.4, -0.2) is 19.8 Å². The molecule has 0 aliphatic rings. The fraction of sp³-hybridized carbons (Fsp3) is 0.286. The molecule has 110 valence electrons. The Hall–Kier alpha value is -2.54. The maximum absolute atomic E-state index is 12.0. The van der Waals surface area contributed by atoms with Crippen LogP contribution in [0.2, 0.25) is 0 Å². The maximum Gasteiger partial charge on any atom is 0.272 e. The molecule has 1 aromatic carbocycles. The molecular formula is C14H15N3O4. The van der Waals surface area contributed by atoms with Crippen molar-refractivity contribution in [3.8, 4) is 11.3 Å². The van der Waals surface area contributed by atoms with Gasteiger partial charge in [-0.3, -0.25) is 14.9 Å². The Morgan fingerprint density at radius 2 is 1.86 bits per heavy atom. The summed E-state index contributed by atoms with van der Waals surface area (Å²) in [5.41, 5.74) is -0.397. The fourth-order valence-electron chi connectivity index (χ4n) is 1.94. The monoisotopic (exact) mass is 289 g/mol. The summed E-state index contributed by atoms with van der Waals surface area (Å²) in [7, 11) is 1.49. The number of aliphatic hydroxyl groups is 1. The van der Waals surface area contributed by atoms with Crippen LogP contribution in [0.5, 0.6) is 0 Å².